The molecule has 0 aliphatic heterocycles. The first-order valence-corrected chi connectivity index (χ1v) is 5.54. The fourth-order valence-electron chi connectivity index (χ4n) is 1.36. The minimum atomic E-state index is 0.215. The molecule has 86 valence electrons. The molecule has 0 aliphatic carbocycles. The molecule has 0 radical (unpaired) electrons. The minimum absolute atomic E-state index is 0.215. The predicted octanol–water partition coefficient (Wildman–Crippen LogP) is 2.35. The summed E-state index contributed by atoms with van der Waals surface area (Å²) in [6.07, 6.45) is 1.25. The Kier molecular flexibility index (Phi) is 5.10. The summed E-state index contributed by atoms with van der Waals surface area (Å²) in [5, 5.41) is 3.33. The Balaban J connectivity index is 3.82. The molecule has 0 heterocycles. The van der Waals surface area contributed by atoms with Gasteiger partial charge in [0.25, 0.3) is 0 Å². The van der Waals surface area contributed by atoms with Crippen LogP contribution in [-0.2, 0) is 0 Å². The summed E-state index contributed by atoms with van der Waals surface area (Å²) in [5.41, 5.74) is 0.657. The van der Waals surface area contributed by atoms with Gasteiger partial charge in [-0.05, 0) is 46.3 Å². The van der Waals surface area contributed by atoms with E-state index < -0.39 is 0 Å². The molecule has 0 spiro atoms. The fraction of sp³-hybridized carbons (Fsp3) is 1.00. The van der Waals surface area contributed by atoms with Crippen molar-refractivity contribution in [3.63, 3.8) is 0 Å². The average molecular weight is 200 g/mol. The van der Waals surface area contributed by atoms with E-state index in [0.29, 0.717) is 5.41 Å². The second-order valence-electron chi connectivity index (χ2n) is 6.18. The largest absolute Gasteiger partial charge is 0.314 e. The van der Waals surface area contributed by atoms with Crippen LogP contribution >= 0.6 is 0 Å². The lowest BCUT2D eigenvalue weighted by Gasteiger charge is -2.31. The number of nitrogens with one attached hydrogen (secondary N) is 1. The lowest BCUT2D eigenvalue weighted by atomic mass is 9.92. The van der Waals surface area contributed by atoms with Gasteiger partial charge in [0, 0.05) is 12.1 Å². The van der Waals surface area contributed by atoms with Gasteiger partial charge in [-0.1, -0.05) is 20.8 Å². The number of hydrogen-bond acceptors (Lipinski definition) is 2. The maximum Gasteiger partial charge on any atom is 0.0249 e. The normalized spacial score (nSPS) is 13.7. The van der Waals surface area contributed by atoms with E-state index in [1.165, 1.54) is 13.0 Å². The third-order valence-electron chi connectivity index (χ3n) is 2.59. The van der Waals surface area contributed by atoms with Crippen LogP contribution in [0.2, 0.25) is 0 Å². The highest BCUT2D eigenvalue weighted by Crippen LogP contribution is 2.18. The van der Waals surface area contributed by atoms with Crippen molar-refractivity contribution in [2.75, 3.05) is 27.2 Å². The molecule has 0 aromatic carbocycles. The number of rotatable bonds is 5. The molecule has 0 amide bonds. The molecule has 2 heteroatoms. The van der Waals surface area contributed by atoms with Crippen molar-refractivity contribution >= 4 is 0 Å². The van der Waals surface area contributed by atoms with Crippen LogP contribution in [0.5, 0.6) is 0 Å². The van der Waals surface area contributed by atoms with Crippen molar-refractivity contribution in [2.24, 2.45) is 5.41 Å². The monoisotopic (exact) mass is 200 g/mol. The molecule has 0 fully saturated rings. The van der Waals surface area contributed by atoms with E-state index in [1.807, 2.05) is 7.05 Å². The summed E-state index contributed by atoms with van der Waals surface area (Å²) in [7, 11) is 4.22. The molecule has 0 unspecified atom stereocenters. The maximum atomic E-state index is 3.33. The summed E-state index contributed by atoms with van der Waals surface area (Å²) in [5.74, 6) is 0. The second-order valence-corrected chi connectivity index (χ2v) is 6.18. The van der Waals surface area contributed by atoms with Gasteiger partial charge in [0.05, 0.1) is 0 Å². The fourth-order valence-corrected chi connectivity index (χ4v) is 1.36. The van der Waals surface area contributed by atoms with Crippen LogP contribution in [-0.4, -0.2) is 37.6 Å². The zero-order valence-corrected chi connectivity index (χ0v) is 11.1. The Labute approximate surface area is 90.1 Å². The van der Waals surface area contributed by atoms with E-state index in [2.05, 4.69) is 51.9 Å². The van der Waals surface area contributed by atoms with Crippen molar-refractivity contribution < 1.29 is 0 Å². The van der Waals surface area contributed by atoms with Crippen LogP contribution in [0, 0.1) is 5.41 Å². The van der Waals surface area contributed by atoms with Gasteiger partial charge < -0.3 is 10.2 Å². The summed E-state index contributed by atoms with van der Waals surface area (Å²) < 4.78 is 0. The molecule has 0 bridgehead atoms. The summed E-state index contributed by atoms with van der Waals surface area (Å²) in [4.78, 5) is 2.40. The Morgan fingerprint density at radius 3 is 1.93 bits per heavy atom. The highest BCUT2D eigenvalue weighted by molar-refractivity contribution is 4.79. The topological polar surface area (TPSA) is 15.3 Å². The van der Waals surface area contributed by atoms with Crippen LogP contribution in [0.4, 0.5) is 0 Å². The highest BCUT2D eigenvalue weighted by Gasteiger charge is 2.18. The maximum absolute atomic E-state index is 3.33. The molecular weight excluding hydrogens is 172 g/mol. The van der Waals surface area contributed by atoms with Crippen LogP contribution in [0.3, 0.4) is 0 Å². The van der Waals surface area contributed by atoms with Crippen molar-refractivity contribution in [1.82, 2.24) is 10.2 Å². The predicted molar refractivity (Wildman–Crippen MR) is 64.7 cm³/mol. The van der Waals surface area contributed by atoms with Crippen molar-refractivity contribution in [2.45, 2.75) is 46.6 Å². The summed E-state index contributed by atoms with van der Waals surface area (Å²) >= 11 is 0. The van der Waals surface area contributed by atoms with Gasteiger partial charge >= 0.3 is 0 Å². The van der Waals surface area contributed by atoms with Crippen molar-refractivity contribution in [3.8, 4) is 0 Å². The van der Waals surface area contributed by atoms with E-state index in [0.717, 1.165) is 6.54 Å². The van der Waals surface area contributed by atoms with Crippen LogP contribution in [0.25, 0.3) is 0 Å². The number of nitrogens with zero attached hydrogens (tertiary/aromatic N) is 1. The van der Waals surface area contributed by atoms with Gasteiger partial charge in [-0.25, -0.2) is 0 Å². The third-order valence-corrected chi connectivity index (χ3v) is 2.59. The molecule has 0 aliphatic rings. The molecule has 0 saturated heterocycles. The summed E-state index contributed by atoms with van der Waals surface area (Å²) in [6, 6.07) is 0. The quantitative estimate of drug-likeness (QED) is 0.733. The molecule has 0 aromatic heterocycles. The second kappa shape index (κ2) is 5.13. The van der Waals surface area contributed by atoms with Crippen molar-refractivity contribution in [1.29, 1.82) is 0 Å². The molecule has 1 N–H and O–H groups in total. The van der Waals surface area contributed by atoms with Crippen molar-refractivity contribution in [3.05, 3.63) is 0 Å². The Morgan fingerprint density at radius 2 is 1.57 bits per heavy atom. The molecular formula is C12H28N2. The summed E-state index contributed by atoms with van der Waals surface area (Å²) in [6.45, 7) is 13.6. The van der Waals surface area contributed by atoms with Gasteiger partial charge in [-0.15, -0.1) is 0 Å². The van der Waals surface area contributed by atoms with Gasteiger partial charge in [-0.2, -0.15) is 0 Å². The van der Waals surface area contributed by atoms with Crippen LogP contribution < -0.4 is 5.32 Å². The zero-order chi connectivity index (χ0) is 11.4. The average Bonchev–Trinajstić information content (AvgIpc) is 1.99. The Hall–Kier alpha value is -0.0800. The van der Waals surface area contributed by atoms with Gasteiger partial charge in [0.2, 0.25) is 0 Å². The lowest BCUT2D eigenvalue weighted by Crippen LogP contribution is -2.46. The first kappa shape index (κ1) is 13.9. The zero-order valence-electron chi connectivity index (χ0n) is 11.1. The lowest BCUT2D eigenvalue weighted by molar-refractivity contribution is 0.213. The van der Waals surface area contributed by atoms with Gasteiger partial charge in [-0.3, -0.25) is 0 Å². The highest BCUT2D eigenvalue weighted by atomic mass is 15.1. The van der Waals surface area contributed by atoms with Crippen LogP contribution in [0.1, 0.15) is 41.0 Å². The van der Waals surface area contributed by atoms with E-state index in [4.69, 9.17) is 0 Å². The standard InChI is InChI=1S/C12H28N2/c1-11(2,3)8-9-14(7)10-12(4,5)13-6/h13H,8-10H2,1-7H3. The number of hydrogen-bond donors (Lipinski definition) is 1. The first-order chi connectivity index (χ1) is 6.16. The van der Waals surface area contributed by atoms with E-state index in [-0.39, 0.29) is 5.54 Å². The van der Waals surface area contributed by atoms with Gasteiger partial charge in [0.15, 0.2) is 0 Å². The van der Waals surface area contributed by atoms with E-state index >= 15 is 0 Å². The SMILES string of the molecule is CNC(C)(C)CN(C)CCC(C)(C)C. The molecule has 14 heavy (non-hydrogen) atoms. The first-order valence-electron chi connectivity index (χ1n) is 5.54. The van der Waals surface area contributed by atoms with E-state index in [1.54, 1.807) is 0 Å². The smallest absolute Gasteiger partial charge is 0.0249 e. The molecule has 0 atom stereocenters. The minimum Gasteiger partial charge on any atom is -0.314 e. The third kappa shape index (κ3) is 7.34. The van der Waals surface area contributed by atoms with E-state index in [9.17, 15) is 0 Å². The number of likely N-dealkylation sites (N-methyl/N-ethyl adjacent to an activating group) is 2. The molecule has 2 nitrogen and oxygen atoms in total. The van der Waals surface area contributed by atoms with Gasteiger partial charge in [0.1, 0.15) is 0 Å². The molecule has 0 aromatic rings. The van der Waals surface area contributed by atoms with Crippen LogP contribution in [0.15, 0.2) is 0 Å². The molecule has 0 rings (SSSR count). The Morgan fingerprint density at radius 1 is 1.07 bits per heavy atom. The molecule has 0 saturated carbocycles. The Bertz CT molecular complexity index is 156.